The van der Waals surface area contributed by atoms with Crippen LogP contribution in [0.3, 0.4) is 0 Å². The molecule has 0 aliphatic heterocycles. The number of benzene rings is 1. The molecule has 0 fully saturated rings. The highest BCUT2D eigenvalue weighted by molar-refractivity contribution is 7.98. The van der Waals surface area contributed by atoms with Gasteiger partial charge in [-0.15, -0.1) is 0 Å². The Kier molecular flexibility index (Phi) is 7.05. The molecule has 26 heavy (non-hydrogen) atoms. The Morgan fingerprint density at radius 1 is 1.27 bits per heavy atom. The topological polar surface area (TPSA) is 97.1 Å². The Morgan fingerprint density at radius 3 is 2.62 bits per heavy atom. The minimum absolute atomic E-state index is 0.267. The van der Waals surface area contributed by atoms with Crippen LogP contribution in [0.2, 0.25) is 0 Å². The second-order valence-electron chi connectivity index (χ2n) is 6.49. The van der Waals surface area contributed by atoms with E-state index >= 15 is 0 Å². The van der Waals surface area contributed by atoms with Gasteiger partial charge in [-0.3, -0.25) is 10.1 Å². The Balaban J connectivity index is 2.09. The van der Waals surface area contributed by atoms with E-state index in [1.807, 2.05) is 13.8 Å². The van der Waals surface area contributed by atoms with E-state index in [0.29, 0.717) is 28.2 Å². The molecule has 6 nitrogen and oxygen atoms in total. The van der Waals surface area contributed by atoms with E-state index in [2.05, 4.69) is 47.1 Å². The van der Waals surface area contributed by atoms with Crippen LogP contribution in [0.15, 0.2) is 23.2 Å². The second kappa shape index (κ2) is 9.05. The summed E-state index contributed by atoms with van der Waals surface area (Å²) in [7, 11) is 0. The molecule has 1 aromatic heterocycles. The number of carbonyl (C=O) groups is 2. The van der Waals surface area contributed by atoms with Crippen molar-refractivity contribution in [3.63, 3.8) is 0 Å². The number of nitrogens with zero attached hydrogens (tertiary/aromatic N) is 1. The van der Waals surface area contributed by atoms with Crippen LogP contribution in [0.25, 0.3) is 0 Å². The lowest BCUT2D eigenvalue weighted by Gasteiger charge is -2.09. The van der Waals surface area contributed by atoms with Crippen molar-refractivity contribution in [3.05, 3.63) is 40.5 Å². The van der Waals surface area contributed by atoms with Crippen molar-refractivity contribution in [1.29, 1.82) is 0 Å². The number of aryl methyl sites for hydroxylation is 2. The number of anilines is 1. The summed E-state index contributed by atoms with van der Waals surface area (Å²) in [6, 6.07) is 5.89. The summed E-state index contributed by atoms with van der Waals surface area (Å²) in [6.45, 7) is 8.69. The number of primary amides is 1. The molecule has 1 heterocycles. The molecule has 0 radical (unpaired) electrons. The van der Waals surface area contributed by atoms with Gasteiger partial charge < -0.3 is 11.1 Å². The van der Waals surface area contributed by atoms with Gasteiger partial charge in [0.15, 0.2) is 0 Å². The predicted octanol–water partition coefficient (Wildman–Crippen LogP) is 3.93. The van der Waals surface area contributed by atoms with Crippen molar-refractivity contribution < 1.29 is 9.59 Å². The van der Waals surface area contributed by atoms with Gasteiger partial charge in [0.2, 0.25) is 0 Å². The zero-order chi connectivity index (χ0) is 19.3. The molecule has 0 atom stereocenters. The lowest BCUT2D eigenvalue weighted by molar-refractivity contribution is 0.0998. The van der Waals surface area contributed by atoms with Crippen LogP contribution in [0.1, 0.15) is 40.9 Å². The Morgan fingerprint density at radius 2 is 2.00 bits per heavy atom. The molecule has 8 heteroatoms. The fourth-order valence-electron chi connectivity index (χ4n) is 2.17. The molecule has 3 amide bonds. The van der Waals surface area contributed by atoms with E-state index in [0.717, 1.165) is 17.1 Å². The lowest BCUT2D eigenvalue weighted by Crippen LogP contribution is -2.32. The maximum atomic E-state index is 11.9. The Labute approximate surface area is 162 Å². The van der Waals surface area contributed by atoms with E-state index in [1.54, 1.807) is 0 Å². The molecule has 0 unspecified atom stereocenters. The minimum atomic E-state index is -0.597. The van der Waals surface area contributed by atoms with Gasteiger partial charge in [0.25, 0.3) is 5.91 Å². The molecule has 2 aromatic rings. The summed E-state index contributed by atoms with van der Waals surface area (Å²) in [5.41, 5.74) is 9.39. The zero-order valence-electron chi connectivity index (χ0n) is 15.4. The first kappa shape index (κ1) is 20.3. The largest absolute Gasteiger partial charge is 0.365 e. The van der Waals surface area contributed by atoms with Gasteiger partial charge in [-0.2, -0.15) is 4.37 Å². The van der Waals surface area contributed by atoms with Gasteiger partial charge in [-0.05, 0) is 48.0 Å². The van der Waals surface area contributed by atoms with Crippen LogP contribution >= 0.6 is 23.3 Å². The summed E-state index contributed by atoms with van der Waals surface area (Å²) < 4.78 is 4.30. The molecular weight excluding hydrogens is 368 g/mol. The standard InChI is InChI=1S/C18H24N4O2S2/c1-10(2)8-20-18(24)21-16-14(15(19)23)17(22-26-16)25-9-13-6-5-11(3)12(4)7-13/h5-7,10H,8-9H2,1-4H3,(H2,19,23)(H2,20,21,24). The van der Waals surface area contributed by atoms with Crippen molar-refractivity contribution in [2.24, 2.45) is 11.7 Å². The van der Waals surface area contributed by atoms with Crippen molar-refractivity contribution >= 4 is 40.2 Å². The highest BCUT2D eigenvalue weighted by Gasteiger charge is 2.21. The van der Waals surface area contributed by atoms with Gasteiger partial charge in [-0.25, -0.2) is 4.79 Å². The number of nitrogens with one attached hydrogen (secondary N) is 2. The van der Waals surface area contributed by atoms with Crippen LogP contribution in [-0.4, -0.2) is 22.9 Å². The maximum Gasteiger partial charge on any atom is 0.319 e. The molecule has 0 aliphatic carbocycles. The van der Waals surface area contributed by atoms with Crippen molar-refractivity contribution in [1.82, 2.24) is 9.69 Å². The molecule has 0 aliphatic rings. The molecule has 0 spiro atoms. The van der Waals surface area contributed by atoms with Crippen LogP contribution in [0.4, 0.5) is 9.80 Å². The highest BCUT2D eigenvalue weighted by atomic mass is 32.2. The number of rotatable bonds is 7. The second-order valence-corrected chi connectivity index (χ2v) is 8.23. The maximum absolute atomic E-state index is 11.9. The summed E-state index contributed by atoms with van der Waals surface area (Å²) >= 11 is 2.50. The third kappa shape index (κ3) is 5.47. The molecular formula is C18H24N4O2S2. The zero-order valence-corrected chi connectivity index (χ0v) is 17.0. The van der Waals surface area contributed by atoms with Crippen LogP contribution < -0.4 is 16.4 Å². The normalized spacial score (nSPS) is 10.8. The van der Waals surface area contributed by atoms with Gasteiger partial charge >= 0.3 is 6.03 Å². The van der Waals surface area contributed by atoms with E-state index in [1.165, 1.54) is 22.9 Å². The average Bonchev–Trinajstić information content (AvgIpc) is 2.96. The van der Waals surface area contributed by atoms with Gasteiger partial charge in [0.05, 0.1) is 0 Å². The summed E-state index contributed by atoms with van der Waals surface area (Å²) in [4.78, 5) is 23.8. The van der Waals surface area contributed by atoms with Crippen molar-refractivity contribution in [3.8, 4) is 0 Å². The fraction of sp³-hybridized carbons (Fsp3) is 0.389. The molecule has 0 saturated carbocycles. The quantitative estimate of drug-likeness (QED) is 0.622. The number of carbonyl (C=O) groups excluding carboxylic acids is 2. The molecule has 0 bridgehead atoms. The summed E-state index contributed by atoms with van der Waals surface area (Å²) in [6.07, 6.45) is 0. The number of aromatic nitrogens is 1. The number of hydrogen-bond acceptors (Lipinski definition) is 5. The number of amides is 3. The smallest absolute Gasteiger partial charge is 0.319 e. The minimum Gasteiger partial charge on any atom is -0.365 e. The van der Waals surface area contributed by atoms with Gasteiger partial charge in [-0.1, -0.05) is 43.8 Å². The van der Waals surface area contributed by atoms with Crippen molar-refractivity contribution in [2.45, 2.75) is 38.5 Å². The van der Waals surface area contributed by atoms with Gasteiger partial charge in [0.1, 0.15) is 15.6 Å². The first-order chi connectivity index (χ1) is 12.3. The molecule has 4 N–H and O–H groups in total. The monoisotopic (exact) mass is 392 g/mol. The molecule has 1 aromatic carbocycles. The number of hydrogen-bond donors (Lipinski definition) is 3. The molecule has 0 saturated heterocycles. The van der Waals surface area contributed by atoms with Crippen LogP contribution in [0.5, 0.6) is 0 Å². The van der Waals surface area contributed by atoms with Crippen LogP contribution in [0, 0.1) is 19.8 Å². The number of nitrogens with two attached hydrogens (primary N) is 1. The first-order valence-corrected chi connectivity index (χ1v) is 10.1. The van der Waals surface area contributed by atoms with E-state index in [4.69, 9.17) is 5.73 Å². The van der Waals surface area contributed by atoms with Crippen molar-refractivity contribution in [2.75, 3.05) is 11.9 Å². The molecule has 2 rings (SSSR count). The van der Waals surface area contributed by atoms with E-state index in [9.17, 15) is 9.59 Å². The summed E-state index contributed by atoms with van der Waals surface area (Å²) in [5, 5.41) is 6.34. The fourth-order valence-corrected chi connectivity index (χ4v) is 4.08. The number of thioether (sulfide) groups is 1. The number of urea groups is 1. The third-order valence-corrected chi connectivity index (χ3v) is 5.68. The van der Waals surface area contributed by atoms with Crippen LogP contribution in [-0.2, 0) is 5.75 Å². The highest BCUT2D eigenvalue weighted by Crippen LogP contribution is 2.33. The van der Waals surface area contributed by atoms with E-state index < -0.39 is 5.91 Å². The SMILES string of the molecule is Cc1ccc(CSc2nsc(NC(=O)NCC(C)C)c2C(N)=O)cc1C. The van der Waals surface area contributed by atoms with E-state index in [-0.39, 0.29) is 11.6 Å². The predicted molar refractivity (Wildman–Crippen MR) is 108 cm³/mol. The summed E-state index contributed by atoms with van der Waals surface area (Å²) in [5.74, 6) is 0.409. The first-order valence-electron chi connectivity index (χ1n) is 8.31. The Bertz CT molecular complexity index is 802. The average molecular weight is 393 g/mol. The Hall–Kier alpha value is -2.06. The van der Waals surface area contributed by atoms with Gasteiger partial charge in [0, 0.05) is 12.3 Å². The third-order valence-electron chi connectivity index (χ3n) is 3.75. The molecule has 140 valence electrons. The lowest BCUT2D eigenvalue weighted by atomic mass is 10.1.